The smallest absolute Gasteiger partial charge is 0.127 e. The van der Waals surface area contributed by atoms with Gasteiger partial charge in [-0.15, -0.1) is 13.2 Å². The monoisotopic (exact) mass is 430 g/mol. The van der Waals surface area contributed by atoms with Crippen LogP contribution in [0.3, 0.4) is 0 Å². The Morgan fingerprint density at radius 2 is 1.53 bits per heavy atom. The fourth-order valence-electron chi connectivity index (χ4n) is 5.59. The molecule has 2 aromatic carbocycles. The second kappa shape index (κ2) is 10.3. The van der Waals surface area contributed by atoms with Crippen molar-refractivity contribution in [3.63, 3.8) is 0 Å². The largest absolute Gasteiger partial charge is 0.207 e. The van der Waals surface area contributed by atoms with Crippen LogP contribution in [0.1, 0.15) is 73.1 Å². The van der Waals surface area contributed by atoms with Crippen molar-refractivity contribution in [2.24, 2.45) is 17.8 Å². The van der Waals surface area contributed by atoms with E-state index in [0.29, 0.717) is 40.9 Å². The molecule has 2 aliphatic rings. The van der Waals surface area contributed by atoms with Crippen molar-refractivity contribution in [3.05, 3.63) is 95.6 Å². The molecule has 0 radical (unpaired) electrons. The summed E-state index contributed by atoms with van der Waals surface area (Å²) < 4.78 is 29.2. The highest BCUT2D eigenvalue weighted by Gasteiger charge is 2.35. The van der Waals surface area contributed by atoms with E-state index in [1.54, 1.807) is 12.1 Å². The second-order valence-electron chi connectivity index (χ2n) is 9.46. The average molecular weight is 431 g/mol. The van der Waals surface area contributed by atoms with Gasteiger partial charge in [0.05, 0.1) is 0 Å². The van der Waals surface area contributed by atoms with Crippen molar-refractivity contribution in [1.82, 2.24) is 0 Å². The van der Waals surface area contributed by atoms with Crippen LogP contribution in [0.2, 0.25) is 0 Å². The van der Waals surface area contributed by atoms with E-state index in [4.69, 9.17) is 0 Å². The Balaban J connectivity index is 1.43. The summed E-state index contributed by atoms with van der Waals surface area (Å²) in [5, 5.41) is 0. The first kappa shape index (κ1) is 22.5. The number of allylic oxidation sites excluding steroid dienone is 2. The first-order valence-corrected chi connectivity index (χ1v) is 11.9. The molecule has 2 fully saturated rings. The predicted molar refractivity (Wildman–Crippen MR) is 128 cm³/mol. The van der Waals surface area contributed by atoms with Crippen molar-refractivity contribution in [3.8, 4) is 11.8 Å². The van der Waals surface area contributed by atoms with Crippen molar-refractivity contribution >= 4 is 0 Å². The van der Waals surface area contributed by atoms with Crippen LogP contribution in [0.25, 0.3) is 0 Å². The van der Waals surface area contributed by atoms with E-state index in [0.717, 1.165) is 30.7 Å². The molecule has 0 N–H and O–H groups in total. The summed E-state index contributed by atoms with van der Waals surface area (Å²) in [5.74, 6) is 8.02. The molecule has 2 aliphatic carbocycles. The molecule has 2 aromatic rings. The van der Waals surface area contributed by atoms with Crippen LogP contribution in [0.5, 0.6) is 0 Å². The minimum absolute atomic E-state index is 0.161. The zero-order valence-corrected chi connectivity index (χ0v) is 18.8. The zero-order valence-electron chi connectivity index (χ0n) is 18.8. The molecule has 0 spiro atoms. The summed E-state index contributed by atoms with van der Waals surface area (Å²) in [6.45, 7) is 7.65. The highest BCUT2D eigenvalue weighted by molar-refractivity contribution is 5.45. The van der Waals surface area contributed by atoms with Gasteiger partial charge in [0.1, 0.15) is 11.6 Å². The third-order valence-corrected chi connectivity index (χ3v) is 7.45. The molecule has 4 unspecified atom stereocenters. The van der Waals surface area contributed by atoms with Gasteiger partial charge in [-0.2, -0.15) is 0 Å². The fourth-order valence-corrected chi connectivity index (χ4v) is 5.59. The zero-order chi connectivity index (χ0) is 22.5. The molecule has 4 atom stereocenters. The van der Waals surface area contributed by atoms with E-state index in [9.17, 15) is 8.78 Å². The molecule has 4 rings (SSSR count). The van der Waals surface area contributed by atoms with Crippen molar-refractivity contribution in [2.45, 2.75) is 57.3 Å². The molecule has 2 saturated carbocycles. The van der Waals surface area contributed by atoms with Crippen molar-refractivity contribution in [1.29, 1.82) is 0 Å². The Bertz CT molecular complexity index is 1040. The first-order valence-electron chi connectivity index (χ1n) is 11.9. The quantitative estimate of drug-likeness (QED) is 0.333. The molecule has 0 heterocycles. The Morgan fingerprint density at radius 3 is 2.22 bits per heavy atom. The normalized spacial score (nSPS) is 24.7. The molecule has 2 heteroatoms. The maximum atomic E-state index is 15.0. The highest BCUT2D eigenvalue weighted by Crippen LogP contribution is 2.48. The van der Waals surface area contributed by atoms with Crippen LogP contribution < -0.4 is 0 Å². The van der Waals surface area contributed by atoms with Gasteiger partial charge < -0.3 is 0 Å². The molecule has 0 aromatic heterocycles. The number of hydrogen-bond donors (Lipinski definition) is 0. The summed E-state index contributed by atoms with van der Waals surface area (Å²) in [6.07, 6.45) is 12.3. The molecule has 0 amide bonds. The van der Waals surface area contributed by atoms with E-state index >= 15 is 0 Å². The van der Waals surface area contributed by atoms with E-state index in [1.165, 1.54) is 37.8 Å². The summed E-state index contributed by atoms with van der Waals surface area (Å²) in [6, 6.07) is 10.4. The lowest BCUT2D eigenvalue weighted by molar-refractivity contribution is 0.132. The molecule has 0 aliphatic heterocycles. The molecule has 0 bridgehead atoms. The summed E-state index contributed by atoms with van der Waals surface area (Å²) in [4.78, 5) is 0. The lowest BCUT2D eigenvalue weighted by Gasteiger charge is -2.41. The van der Waals surface area contributed by atoms with Gasteiger partial charge in [-0.1, -0.05) is 36.1 Å². The van der Waals surface area contributed by atoms with Crippen LogP contribution >= 0.6 is 0 Å². The van der Waals surface area contributed by atoms with E-state index < -0.39 is 0 Å². The van der Waals surface area contributed by atoms with Crippen molar-refractivity contribution < 1.29 is 8.78 Å². The number of rotatable bonds is 5. The van der Waals surface area contributed by atoms with Gasteiger partial charge in [0.25, 0.3) is 0 Å². The third-order valence-electron chi connectivity index (χ3n) is 7.45. The summed E-state index contributed by atoms with van der Waals surface area (Å²) in [5.41, 5.74) is 2.72. The lowest BCUT2D eigenvalue weighted by Crippen LogP contribution is -2.30. The van der Waals surface area contributed by atoms with E-state index in [1.807, 2.05) is 18.2 Å². The van der Waals surface area contributed by atoms with Gasteiger partial charge in [0.15, 0.2) is 0 Å². The van der Waals surface area contributed by atoms with Crippen LogP contribution in [0.15, 0.2) is 61.7 Å². The number of aryl methyl sites for hydroxylation is 1. The first-order chi connectivity index (χ1) is 15.6. The number of hydrogen-bond acceptors (Lipinski definition) is 0. The van der Waals surface area contributed by atoms with Crippen LogP contribution in [0, 0.1) is 41.2 Å². The Kier molecular flexibility index (Phi) is 7.26. The average Bonchev–Trinajstić information content (AvgIpc) is 2.81. The number of halogens is 2. The van der Waals surface area contributed by atoms with Gasteiger partial charge in [-0.05, 0) is 110 Å². The maximum absolute atomic E-state index is 15.0. The minimum atomic E-state index is -0.252. The minimum Gasteiger partial charge on any atom is -0.207 e. The third kappa shape index (κ3) is 5.21. The van der Waals surface area contributed by atoms with Gasteiger partial charge in [0, 0.05) is 11.1 Å². The van der Waals surface area contributed by atoms with Gasteiger partial charge in [-0.3, -0.25) is 0 Å². The Labute approximate surface area is 191 Å². The summed E-state index contributed by atoms with van der Waals surface area (Å²) in [7, 11) is 0. The highest BCUT2D eigenvalue weighted by atomic mass is 19.1. The molecule has 166 valence electrons. The fraction of sp³-hybridized carbons (Fsp3) is 0.400. The Hall–Kier alpha value is -2.66. The number of benzene rings is 2. The van der Waals surface area contributed by atoms with E-state index in [-0.39, 0.29) is 11.6 Å². The van der Waals surface area contributed by atoms with Gasteiger partial charge in [-0.25, -0.2) is 8.78 Å². The molecule has 32 heavy (non-hydrogen) atoms. The van der Waals surface area contributed by atoms with E-state index in [2.05, 4.69) is 31.1 Å². The van der Waals surface area contributed by atoms with Crippen molar-refractivity contribution in [2.75, 3.05) is 0 Å². The standard InChI is InChI=1S/C30H32F2/c1-3-5-6-24-12-10-22(18-29(24)31)7-8-23-11-16-28(30(32)19-23)27-15-14-25-17-21(4-2)9-13-26(25)20-27/h3-4,10-12,16,18-19,21,25-27H,1-2,5-6,9,13-15,17,20H2. The van der Waals surface area contributed by atoms with Crippen LogP contribution in [-0.4, -0.2) is 0 Å². The molecular weight excluding hydrogens is 398 g/mol. The molecule has 0 nitrogen and oxygen atoms in total. The lowest BCUT2D eigenvalue weighted by atomic mass is 9.64. The molecular formula is C30H32F2. The predicted octanol–water partition coefficient (Wildman–Crippen LogP) is 7.97. The second-order valence-corrected chi connectivity index (χ2v) is 9.46. The van der Waals surface area contributed by atoms with Gasteiger partial charge in [0.2, 0.25) is 0 Å². The number of fused-ring (bicyclic) bond motifs is 1. The SMILES string of the molecule is C=CCCc1ccc(C#Cc2ccc(C3CCC4CC(C=C)CCC4C3)c(F)c2)cc1F. The maximum Gasteiger partial charge on any atom is 0.127 e. The molecule has 0 saturated heterocycles. The van der Waals surface area contributed by atoms with Crippen LogP contribution in [0.4, 0.5) is 8.78 Å². The Morgan fingerprint density at radius 1 is 0.844 bits per heavy atom. The topological polar surface area (TPSA) is 0 Å². The van der Waals surface area contributed by atoms with Crippen LogP contribution in [-0.2, 0) is 6.42 Å². The van der Waals surface area contributed by atoms with Gasteiger partial charge >= 0.3 is 0 Å². The summed E-state index contributed by atoms with van der Waals surface area (Å²) >= 11 is 0.